The predicted octanol–water partition coefficient (Wildman–Crippen LogP) is 5.96. The molecule has 132 valence electrons. The van der Waals surface area contributed by atoms with Gasteiger partial charge in [-0.05, 0) is 49.2 Å². The van der Waals surface area contributed by atoms with Crippen molar-refractivity contribution in [1.29, 1.82) is 0 Å². The topological polar surface area (TPSA) is 59.4 Å². The van der Waals surface area contributed by atoms with Crippen molar-refractivity contribution in [2.45, 2.75) is 31.6 Å². The monoisotopic (exact) mass is 365 g/mol. The number of para-hydroxylation sites is 1. The van der Waals surface area contributed by atoms with E-state index in [-0.39, 0.29) is 0 Å². The van der Waals surface area contributed by atoms with Gasteiger partial charge in [-0.2, -0.15) is 0 Å². The Morgan fingerprint density at radius 1 is 1.00 bits per heavy atom. The highest BCUT2D eigenvalue weighted by Gasteiger charge is 2.25. The Morgan fingerprint density at radius 3 is 2.31 bits per heavy atom. The van der Waals surface area contributed by atoms with Crippen molar-refractivity contribution in [3.05, 3.63) is 64.5 Å². The molecule has 0 aliphatic heterocycles. The van der Waals surface area contributed by atoms with E-state index in [1.165, 1.54) is 24.2 Å². The van der Waals surface area contributed by atoms with Gasteiger partial charge >= 0.3 is 5.97 Å². The first-order valence-corrected chi connectivity index (χ1v) is 9.60. The van der Waals surface area contributed by atoms with E-state index in [1.807, 2.05) is 54.6 Å². The summed E-state index contributed by atoms with van der Waals surface area (Å²) in [7, 11) is 0. The van der Waals surface area contributed by atoms with Crippen LogP contribution in [0.3, 0.4) is 0 Å². The van der Waals surface area contributed by atoms with E-state index in [0.717, 1.165) is 29.2 Å². The molecule has 5 heteroatoms. The molecule has 1 N–H and O–H groups in total. The maximum absolute atomic E-state index is 11.7. The molecule has 0 saturated heterocycles. The molecule has 0 atom stereocenters. The second-order valence-corrected chi connectivity index (χ2v) is 7.49. The standard InChI is InChI=1S/C21H19NO3S/c23-21(24)19-18(22-20(26-19)15-6-4-5-7-15)14-10-12-17(13-11-14)25-16-8-2-1-3-9-16/h1-3,8-13,15H,4-7H2,(H,23,24). The molecule has 2 aromatic carbocycles. The number of aromatic carboxylic acids is 1. The lowest BCUT2D eigenvalue weighted by Crippen LogP contribution is -1.95. The zero-order chi connectivity index (χ0) is 17.9. The molecule has 0 amide bonds. The van der Waals surface area contributed by atoms with Gasteiger partial charge in [0.2, 0.25) is 0 Å². The molecule has 1 fully saturated rings. The zero-order valence-electron chi connectivity index (χ0n) is 14.2. The van der Waals surface area contributed by atoms with Crippen molar-refractivity contribution in [2.75, 3.05) is 0 Å². The minimum Gasteiger partial charge on any atom is -0.477 e. The van der Waals surface area contributed by atoms with E-state index in [2.05, 4.69) is 0 Å². The average molecular weight is 365 g/mol. The summed E-state index contributed by atoms with van der Waals surface area (Å²) < 4.78 is 5.80. The third-order valence-electron chi connectivity index (χ3n) is 4.65. The molecule has 3 aromatic rings. The number of carboxylic acids is 1. The van der Waals surface area contributed by atoms with Gasteiger partial charge in [0.25, 0.3) is 0 Å². The van der Waals surface area contributed by atoms with E-state index < -0.39 is 5.97 Å². The van der Waals surface area contributed by atoms with Gasteiger partial charge in [-0.3, -0.25) is 0 Å². The van der Waals surface area contributed by atoms with E-state index in [0.29, 0.717) is 22.2 Å². The van der Waals surface area contributed by atoms with Crippen molar-refractivity contribution in [2.24, 2.45) is 0 Å². The number of benzene rings is 2. The first kappa shape index (κ1) is 16.8. The summed E-state index contributed by atoms with van der Waals surface area (Å²) in [6.45, 7) is 0. The van der Waals surface area contributed by atoms with Gasteiger partial charge in [0.05, 0.1) is 10.7 Å². The van der Waals surface area contributed by atoms with E-state index in [1.54, 1.807) is 0 Å². The van der Waals surface area contributed by atoms with Crippen LogP contribution in [0.4, 0.5) is 0 Å². The van der Waals surface area contributed by atoms with Gasteiger partial charge in [0.1, 0.15) is 16.4 Å². The highest BCUT2D eigenvalue weighted by molar-refractivity contribution is 7.14. The number of rotatable bonds is 5. The Morgan fingerprint density at radius 2 is 1.65 bits per heavy atom. The maximum Gasteiger partial charge on any atom is 0.348 e. The quantitative estimate of drug-likeness (QED) is 0.606. The number of carboxylic acid groups (broad SMARTS) is 1. The lowest BCUT2D eigenvalue weighted by Gasteiger charge is -2.06. The number of carbonyl (C=O) groups is 1. The molecule has 4 nitrogen and oxygen atoms in total. The van der Waals surface area contributed by atoms with Gasteiger partial charge < -0.3 is 9.84 Å². The molecule has 1 aliphatic rings. The summed E-state index contributed by atoms with van der Waals surface area (Å²) in [5.41, 5.74) is 1.37. The smallest absolute Gasteiger partial charge is 0.348 e. The number of nitrogens with zero attached hydrogens (tertiary/aromatic N) is 1. The highest BCUT2D eigenvalue weighted by atomic mass is 32.1. The molecule has 1 heterocycles. The van der Waals surface area contributed by atoms with Crippen molar-refractivity contribution in [3.63, 3.8) is 0 Å². The first-order chi connectivity index (χ1) is 12.7. The largest absolute Gasteiger partial charge is 0.477 e. The summed E-state index contributed by atoms with van der Waals surface area (Å²) in [5.74, 6) is 0.977. The third-order valence-corrected chi connectivity index (χ3v) is 5.85. The summed E-state index contributed by atoms with van der Waals surface area (Å²) in [4.78, 5) is 16.7. The Balaban J connectivity index is 1.61. The second kappa shape index (κ2) is 7.30. The molecule has 4 rings (SSSR count). The van der Waals surface area contributed by atoms with E-state index >= 15 is 0 Å². The average Bonchev–Trinajstić information content (AvgIpc) is 3.33. The van der Waals surface area contributed by atoms with Crippen LogP contribution in [0.25, 0.3) is 11.3 Å². The SMILES string of the molecule is O=C(O)c1sc(C2CCCC2)nc1-c1ccc(Oc2ccccc2)cc1. The first-order valence-electron chi connectivity index (χ1n) is 8.78. The van der Waals surface area contributed by atoms with Crippen LogP contribution in [0.1, 0.15) is 46.3 Å². The molecule has 1 aromatic heterocycles. The summed E-state index contributed by atoms with van der Waals surface area (Å²) in [5, 5.41) is 10.5. The van der Waals surface area contributed by atoms with Crippen molar-refractivity contribution >= 4 is 17.3 Å². The maximum atomic E-state index is 11.7. The molecule has 0 radical (unpaired) electrons. The summed E-state index contributed by atoms with van der Waals surface area (Å²) in [6, 6.07) is 17.0. The molecular weight excluding hydrogens is 346 g/mol. The van der Waals surface area contributed by atoms with Gasteiger partial charge in [0.15, 0.2) is 0 Å². The number of aromatic nitrogens is 1. The van der Waals surface area contributed by atoms with Gasteiger partial charge in [-0.15, -0.1) is 11.3 Å². The number of hydrogen-bond donors (Lipinski definition) is 1. The minimum absolute atomic E-state index is 0.323. The molecule has 0 spiro atoms. The highest BCUT2D eigenvalue weighted by Crippen LogP contribution is 2.39. The van der Waals surface area contributed by atoms with Gasteiger partial charge in [0, 0.05) is 11.5 Å². The van der Waals surface area contributed by atoms with Crippen LogP contribution < -0.4 is 4.74 Å². The van der Waals surface area contributed by atoms with Crippen molar-refractivity contribution in [3.8, 4) is 22.8 Å². The Kier molecular flexibility index (Phi) is 4.71. The van der Waals surface area contributed by atoms with Crippen LogP contribution >= 0.6 is 11.3 Å². The fourth-order valence-electron chi connectivity index (χ4n) is 3.33. The number of hydrogen-bond acceptors (Lipinski definition) is 4. The molecule has 0 bridgehead atoms. The van der Waals surface area contributed by atoms with Crippen molar-refractivity contribution in [1.82, 2.24) is 4.98 Å². The second-order valence-electron chi connectivity index (χ2n) is 6.46. The van der Waals surface area contributed by atoms with Crippen LogP contribution in [-0.4, -0.2) is 16.1 Å². The number of ether oxygens (including phenoxy) is 1. The van der Waals surface area contributed by atoms with Gasteiger partial charge in [-0.25, -0.2) is 9.78 Å². The van der Waals surface area contributed by atoms with Crippen LogP contribution in [0.15, 0.2) is 54.6 Å². The summed E-state index contributed by atoms with van der Waals surface area (Å²) >= 11 is 1.32. The van der Waals surface area contributed by atoms with Gasteiger partial charge in [-0.1, -0.05) is 31.0 Å². The molecule has 0 unspecified atom stereocenters. The molecule has 1 aliphatic carbocycles. The van der Waals surface area contributed by atoms with Crippen LogP contribution in [0.5, 0.6) is 11.5 Å². The normalized spacial score (nSPS) is 14.5. The molecule has 1 saturated carbocycles. The van der Waals surface area contributed by atoms with E-state index in [9.17, 15) is 9.90 Å². The lowest BCUT2D eigenvalue weighted by molar-refractivity contribution is 0.0702. The van der Waals surface area contributed by atoms with Crippen LogP contribution in [0, 0.1) is 0 Å². The van der Waals surface area contributed by atoms with Crippen LogP contribution in [0.2, 0.25) is 0 Å². The minimum atomic E-state index is -0.911. The lowest BCUT2D eigenvalue weighted by atomic mass is 10.1. The summed E-state index contributed by atoms with van der Waals surface area (Å²) in [6.07, 6.45) is 4.62. The fourth-order valence-corrected chi connectivity index (χ4v) is 4.43. The Bertz CT molecular complexity index is 897. The zero-order valence-corrected chi connectivity index (χ0v) is 15.0. The fraction of sp³-hybridized carbons (Fsp3) is 0.238. The van der Waals surface area contributed by atoms with Crippen molar-refractivity contribution < 1.29 is 14.6 Å². The Hall–Kier alpha value is -2.66. The molecular formula is C21H19NO3S. The Labute approximate surface area is 156 Å². The number of thiazole rings is 1. The predicted molar refractivity (Wildman–Crippen MR) is 102 cm³/mol. The third kappa shape index (κ3) is 3.48. The molecule has 26 heavy (non-hydrogen) atoms. The van der Waals surface area contributed by atoms with E-state index in [4.69, 9.17) is 9.72 Å². The van der Waals surface area contributed by atoms with Crippen LogP contribution in [-0.2, 0) is 0 Å².